The van der Waals surface area contributed by atoms with Crippen LogP contribution in [-0.2, 0) is 0 Å². The Balaban J connectivity index is 1.57. The number of fused-ring (bicyclic) bond motifs is 4. The number of benzene rings is 6. The first-order valence-corrected chi connectivity index (χ1v) is 17.2. The summed E-state index contributed by atoms with van der Waals surface area (Å²) in [6, 6.07) is 30.3. The van der Waals surface area contributed by atoms with Gasteiger partial charge >= 0.3 is 0 Å². The van der Waals surface area contributed by atoms with Crippen molar-refractivity contribution in [3.63, 3.8) is 0 Å². The zero-order chi connectivity index (χ0) is 31.9. The van der Waals surface area contributed by atoms with Crippen molar-refractivity contribution in [1.29, 1.82) is 0 Å². The SMILES string of the molecule is CCCCOc1c2ccccc2c(OCCCC)c2cc(-c3ccc4c(OCCC)c5ccccc5c(OCCC)c4c3)ccc12. The van der Waals surface area contributed by atoms with E-state index in [1.165, 1.54) is 0 Å². The summed E-state index contributed by atoms with van der Waals surface area (Å²) in [7, 11) is 0. The lowest BCUT2D eigenvalue weighted by atomic mass is 9.94. The topological polar surface area (TPSA) is 36.9 Å². The Kier molecular flexibility index (Phi) is 10.1. The molecule has 0 aliphatic heterocycles. The van der Waals surface area contributed by atoms with Gasteiger partial charge in [0.25, 0.3) is 0 Å². The average Bonchev–Trinajstić information content (AvgIpc) is 3.10. The molecule has 6 aromatic carbocycles. The fraction of sp³-hybridized carbons (Fsp3) is 0.333. The molecule has 0 heterocycles. The second-order valence-corrected chi connectivity index (χ2v) is 12.0. The van der Waals surface area contributed by atoms with Gasteiger partial charge in [-0.05, 0) is 61.1 Å². The molecule has 0 atom stereocenters. The second-order valence-electron chi connectivity index (χ2n) is 12.0. The van der Waals surface area contributed by atoms with Gasteiger partial charge in [0.1, 0.15) is 23.0 Å². The van der Waals surface area contributed by atoms with Crippen LogP contribution in [0.15, 0.2) is 84.9 Å². The van der Waals surface area contributed by atoms with Crippen LogP contribution in [-0.4, -0.2) is 26.4 Å². The molecule has 0 bridgehead atoms. The van der Waals surface area contributed by atoms with Crippen LogP contribution in [0, 0.1) is 0 Å². The van der Waals surface area contributed by atoms with Crippen LogP contribution in [0.1, 0.15) is 66.2 Å². The predicted octanol–water partition coefficient (Wildman–Crippen LogP) is 11.9. The molecule has 46 heavy (non-hydrogen) atoms. The number of unbranched alkanes of at least 4 members (excludes halogenated alkanes) is 2. The maximum atomic E-state index is 6.59. The molecule has 0 aliphatic rings. The summed E-state index contributed by atoms with van der Waals surface area (Å²) in [5.74, 6) is 3.71. The van der Waals surface area contributed by atoms with Gasteiger partial charge in [0, 0.05) is 43.1 Å². The molecule has 0 amide bonds. The summed E-state index contributed by atoms with van der Waals surface area (Å²) in [5, 5.41) is 8.65. The number of hydrogen-bond acceptors (Lipinski definition) is 4. The molecule has 0 fully saturated rings. The van der Waals surface area contributed by atoms with Gasteiger partial charge in [-0.1, -0.05) is 101 Å². The predicted molar refractivity (Wildman–Crippen MR) is 194 cm³/mol. The van der Waals surface area contributed by atoms with Crippen LogP contribution in [0.3, 0.4) is 0 Å². The molecule has 0 saturated carbocycles. The van der Waals surface area contributed by atoms with Gasteiger partial charge in [0.05, 0.1) is 26.4 Å². The number of hydrogen-bond donors (Lipinski definition) is 0. The maximum absolute atomic E-state index is 6.59. The van der Waals surface area contributed by atoms with Crippen LogP contribution in [0.5, 0.6) is 23.0 Å². The van der Waals surface area contributed by atoms with Crippen LogP contribution < -0.4 is 18.9 Å². The summed E-state index contributed by atoms with van der Waals surface area (Å²) in [4.78, 5) is 0. The van der Waals surface area contributed by atoms with Gasteiger partial charge in [0.15, 0.2) is 0 Å². The molecule has 6 rings (SSSR count). The second kappa shape index (κ2) is 14.8. The quantitative estimate of drug-likeness (QED) is 0.0852. The molecule has 0 aromatic heterocycles. The van der Waals surface area contributed by atoms with E-state index in [1.54, 1.807) is 0 Å². The molecule has 0 aliphatic carbocycles. The summed E-state index contributed by atoms with van der Waals surface area (Å²) < 4.78 is 26.0. The lowest BCUT2D eigenvalue weighted by Gasteiger charge is -2.20. The van der Waals surface area contributed by atoms with Gasteiger partial charge in [-0.3, -0.25) is 0 Å². The molecule has 4 heteroatoms. The Morgan fingerprint density at radius 3 is 1.02 bits per heavy atom. The number of ether oxygens (including phenoxy) is 4. The lowest BCUT2D eigenvalue weighted by Crippen LogP contribution is -2.02. The van der Waals surface area contributed by atoms with Crippen LogP contribution in [0.2, 0.25) is 0 Å². The summed E-state index contributed by atoms with van der Waals surface area (Å²) in [6.07, 6.45) is 6.07. The maximum Gasteiger partial charge on any atom is 0.135 e. The van der Waals surface area contributed by atoms with E-state index in [0.717, 1.165) is 116 Å². The first kappa shape index (κ1) is 31.5. The van der Waals surface area contributed by atoms with Crippen molar-refractivity contribution >= 4 is 43.1 Å². The zero-order valence-electron chi connectivity index (χ0n) is 27.8. The Bertz CT molecular complexity index is 1960. The van der Waals surface area contributed by atoms with Crippen molar-refractivity contribution in [3.8, 4) is 34.1 Å². The first-order chi connectivity index (χ1) is 22.7. The monoisotopic (exact) mass is 614 g/mol. The fourth-order valence-corrected chi connectivity index (χ4v) is 6.23. The molecule has 6 aromatic rings. The third-order valence-corrected chi connectivity index (χ3v) is 8.57. The molecular weight excluding hydrogens is 568 g/mol. The van der Waals surface area contributed by atoms with Gasteiger partial charge in [-0.2, -0.15) is 0 Å². The largest absolute Gasteiger partial charge is 0.492 e. The highest BCUT2D eigenvalue weighted by molar-refractivity contribution is 6.14. The molecule has 0 unspecified atom stereocenters. The summed E-state index contributed by atoms with van der Waals surface area (Å²) in [6.45, 7) is 11.4. The van der Waals surface area contributed by atoms with Crippen molar-refractivity contribution in [2.75, 3.05) is 26.4 Å². The van der Waals surface area contributed by atoms with E-state index in [1.807, 2.05) is 0 Å². The Morgan fingerprint density at radius 2 is 0.674 bits per heavy atom. The van der Waals surface area contributed by atoms with Crippen molar-refractivity contribution in [1.82, 2.24) is 0 Å². The first-order valence-electron chi connectivity index (χ1n) is 17.2. The molecule has 0 radical (unpaired) electrons. The highest BCUT2D eigenvalue weighted by atomic mass is 16.5. The lowest BCUT2D eigenvalue weighted by molar-refractivity contribution is 0.311. The normalized spacial score (nSPS) is 11.5. The molecule has 0 saturated heterocycles. The fourth-order valence-electron chi connectivity index (χ4n) is 6.23. The Hall–Kier alpha value is -4.44. The van der Waals surface area contributed by atoms with E-state index < -0.39 is 0 Å². The average molecular weight is 615 g/mol. The van der Waals surface area contributed by atoms with Crippen molar-refractivity contribution < 1.29 is 18.9 Å². The minimum absolute atomic E-state index is 0.654. The third kappa shape index (κ3) is 6.18. The minimum atomic E-state index is 0.654. The standard InChI is InChI=1S/C42H46O4/c1-5-9-25-45-40-32-16-12-14-18-34(32)42(46-26-10-6-2)38-28-30(20-22-36(38)40)29-19-21-35-37(27-29)41(44-24-8-4)33-17-13-11-15-31(33)39(35)43-23-7-3/h11-22,27-28H,5-10,23-26H2,1-4H3. The highest BCUT2D eigenvalue weighted by Gasteiger charge is 2.20. The van der Waals surface area contributed by atoms with E-state index in [-0.39, 0.29) is 0 Å². The molecule has 0 spiro atoms. The smallest absolute Gasteiger partial charge is 0.135 e. The van der Waals surface area contributed by atoms with E-state index >= 15 is 0 Å². The van der Waals surface area contributed by atoms with Crippen LogP contribution >= 0.6 is 0 Å². The van der Waals surface area contributed by atoms with Gasteiger partial charge in [-0.15, -0.1) is 0 Å². The van der Waals surface area contributed by atoms with Crippen LogP contribution in [0.25, 0.3) is 54.2 Å². The molecule has 0 N–H and O–H groups in total. The van der Waals surface area contributed by atoms with Gasteiger partial charge < -0.3 is 18.9 Å². The van der Waals surface area contributed by atoms with E-state index in [9.17, 15) is 0 Å². The Labute approximate surface area is 273 Å². The minimum Gasteiger partial charge on any atom is -0.492 e. The van der Waals surface area contributed by atoms with Crippen LogP contribution in [0.4, 0.5) is 0 Å². The zero-order valence-corrected chi connectivity index (χ0v) is 27.8. The van der Waals surface area contributed by atoms with Crippen molar-refractivity contribution in [2.24, 2.45) is 0 Å². The van der Waals surface area contributed by atoms with E-state index in [4.69, 9.17) is 18.9 Å². The molecule has 238 valence electrons. The van der Waals surface area contributed by atoms with E-state index in [2.05, 4.69) is 113 Å². The van der Waals surface area contributed by atoms with Gasteiger partial charge in [-0.25, -0.2) is 0 Å². The third-order valence-electron chi connectivity index (χ3n) is 8.57. The van der Waals surface area contributed by atoms with Crippen molar-refractivity contribution in [3.05, 3.63) is 84.9 Å². The summed E-state index contributed by atoms with van der Waals surface area (Å²) in [5.41, 5.74) is 2.24. The number of rotatable bonds is 15. The van der Waals surface area contributed by atoms with Gasteiger partial charge in [0.2, 0.25) is 0 Å². The summed E-state index contributed by atoms with van der Waals surface area (Å²) >= 11 is 0. The van der Waals surface area contributed by atoms with E-state index in [0.29, 0.717) is 26.4 Å². The van der Waals surface area contributed by atoms with Crippen molar-refractivity contribution in [2.45, 2.75) is 66.2 Å². The molecular formula is C42H46O4. The highest BCUT2D eigenvalue weighted by Crippen LogP contribution is 2.47. The molecule has 4 nitrogen and oxygen atoms in total. The Morgan fingerprint density at radius 1 is 0.348 bits per heavy atom.